The maximum absolute atomic E-state index is 12.6. The maximum atomic E-state index is 12.6. The Morgan fingerprint density at radius 3 is 1.96 bits per heavy atom. The minimum Gasteiger partial charge on any atom is -0.493 e. The van der Waals surface area contributed by atoms with Crippen molar-refractivity contribution in [3.05, 3.63) is 17.7 Å². The molecule has 2 N–H and O–H groups in total. The molecule has 2 fully saturated rings. The monoisotopic (exact) mass is 378 g/mol. The topological polar surface area (TPSA) is 92.4 Å². The Labute approximate surface area is 158 Å². The second kappa shape index (κ2) is 7.05. The van der Waals surface area contributed by atoms with Crippen molar-refractivity contribution in [2.45, 2.75) is 25.2 Å². The highest BCUT2D eigenvalue weighted by molar-refractivity contribution is 5.80. The van der Waals surface area contributed by atoms with Gasteiger partial charge in [0.25, 0.3) is 0 Å². The third kappa shape index (κ3) is 2.96. The van der Waals surface area contributed by atoms with Crippen LogP contribution in [-0.4, -0.2) is 69.5 Å². The molecule has 27 heavy (non-hydrogen) atoms. The standard InChI is InChI=1S/C18H26N4O5/c1-9-13-14(10-7-11(25-4)15(27-6)12(8-10)26-5)21(2)18(24)20-16(13)22(3)17(23)19-9/h7-9,13-14,16H,1-6H3,(H,19,23)(H,20,24)/t9-,13+,14-,16+/m0/s1. The zero-order valence-electron chi connectivity index (χ0n) is 16.4. The van der Waals surface area contributed by atoms with Gasteiger partial charge in [-0.3, -0.25) is 0 Å². The quantitative estimate of drug-likeness (QED) is 0.826. The second-order valence-corrected chi connectivity index (χ2v) is 6.84. The molecule has 148 valence electrons. The van der Waals surface area contributed by atoms with E-state index in [0.717, 1.165) is 5.56 Å². The first kappa shape index (κ1) is 18.9. The minimum atomic E-state index is -0.415. The van der Waals surface area contributed by atoms with Gasteiger partial charge < -0.3 is 34.6 Å². The molecule has 2 aliphatic heterocycles. The van der Waals surface area contributed by atoms with Gasteiger partial charge in [-0.2, -0.15) is 0 Å². The van der Waals surface area contributed by atoms with E-state index >= 15 is 0 Å². The van der Waals surface area contributed by atoms with Crippen LogP contribution < -0.4 is 24.8 Å². The van der Waals surface area contributed by atoms with Crippen molar-refractivity contribution in [2.75, 3.05) is 35.4 Å². The highest BCUT2D eigenvalue weighted by Gasteiger charge is 2.49. The number of urea groups is 2. The summed E-state index contributed by atoms with van der Waals surface area (Å²) in [5.41, 5.74) is 0.841. The Hall–Kier alpha value is -2.84. The van der Waals surface area contributed by atoms with Crippen LogP contribution in [0.3, 0.4) is 0 Å². The largest absolute Gasteiger partial charge is 0.493 e. The molecule has 1 aromatic rings. The van der Waals surface area contributed by atoms with Gasteiger partial charge >= 0.3 is 12.1 Å². The third-order valence-electron chi connectivity index (χ3n) is 5.43. The summed E-state index contributed by atoms with van der Waals surface area (Å²) >= 11 is 0. The van der Waals surface area contributed by atoms with Crippen LogP contribution in [0.1, 0.15) is 18.5 Å². The molecule has 9 nitrogen and oxygen atoms in total. The Kier molecular flexibility index (Phi) is 4.95. The lowest BCUT2D eigenvalue weighted by molar-refractivity contribution is 0.0247. The van der Waals surface area contributed by atoms with Gasteiger partial charge in [0, 0.05) is 26.1 Å². The molecule has 0 aliphatic carbocycles. The number of benzene rings is 1. The summed E-state index contributed by atoms with van der Waals surface area (Å²) in [6.07, 6.45) is -0.415. The van der Waals surface area contributed by atoms with Crippen molar-refractivity contribution in [1.29, 1.82) is 0 Å². The Morgan fingerprint density at radius 2 is 1.44 bits per heavy atom. The molecule has 2 saturated heterocycles. The van der Waals surface area contributed by atoms with E-state index in [9.17, 15) is 9.59 Å². The number of fused-ring (bicyclic) bond motifs is 1. The van der Waals surface area contributed by atoms with E-state index in [1.54, 1.807) is 40.3 Å². The fourth-order valence-corrected chi connectivity index (χ4v) is 4.02. The fourth-order valence-electron chi connectivity index (χ4n) is 4.02. The Morgan fingerprint density at radius 1 is 0.889 bits per heavy atom. The first-order valence-electron chi connectivity index (χ1n) is 8.70. The van der Waals surface area contributed by atoms with Crippen molar-refractivity contribution in [1.82, 2.24) is 20.4 Å². The number of carbonyl (C=O) groups excluding carboxylic acids is 2. The van der Waals surface area contributed by atoms with Crippen LogP contribution in [-0.2, 0) is 0 Å². The summed E-state index contributed by atoms with van der Waals surface area (Å²) in [5.74, 6) is 1.44. The number of rotatable bonds is 4. The van der Waals surface area contributed by atoms with Crippen molar-refractivity contribution in [2.24, 2.45) is 5.92 Å². The van der Waals surface area contributed by atoms with Crippen molar-refractivity contribution < 1.29 is 23.8 Å². The number of ether oxygens (including phenoxy) is 3. The normalized spacial score (nSPS) is 27.5. The summed E-state index contributed by atoms with van der Waals surface area (Å²) in [6, 6.07) is 2.80. The van der Waals surface area contributed by atoms with E-state index in [1.807, 2.05) is 19.1 Å². The van der Waals surface area contributed by atoms with Crippen LogP contribution in [0.5, 0.6) is 17.2 Å². The first-order valence-corrected chi connectivity index (χ1v) is 8.70. The Balaban J connectivity index is 2.12. The van der Waals surface area contributed by atoms with E-state index < -0.39 is 6.17 Å². The molecule has 1 aromatic carbocycles. The average molecular weight is 378 g/mol. The molecule has 0 spiro atoms. The molecule has 0 unspecified atom stereocenters. The molecule has 9 heteroatoms. The number of amides is 4. The highest BCUT2D eigenvalue weighted by atomic mass is 16.5. The summed E-state index contributed by atoms with van der Waals surface area (Å²) in [7, 11) is 8.07. The van der Waals surface area contributed by atoms with Crippen LogP contribution in [0, 0.1) is 5.92 Å². The predicted molar refractivity (Wildman–Crippen MR) is 98.2 cm³/mol. The van der Waals surface area contributed by atoms with E-state index in [1.165, 1.54) is 4.90 Å². The molecule has 2 heterocycles. The number of hydrogen-bond donors (Lipinski definition) is 2. The summed E-state index contributed by atoms with van der Waals surface area (Å²) in [6.45, 7) is 1.94. The van der Waals surface area contributed by atoms with Gasteiger partial charge in [0.05, 0.1) is 27.4 Å². The average Bonchev–Trinajstić information content (AvgIpc) is 2.66. The van der Waals surface area contributed by atoms with Crippen molar-refractivity contribution in [3.8, 4) is 17.2 Å². The smallest absolute Gasteiger partial charge is 0.319 e. The molecule has 4 amide bonds. The number of methoxy groups -OCH3 is 3. The highest BCUT2D eigenvalue weighted by Crippen LogP contribution is 2.45. The molecule has 0 aromatic heterocycles. The van der Waals surface area contributed by atoms with Crippen LogP contribution in [0.15, 0.2) is 12.1 Å². The van der Waals surface area contributed by atoms with Crippen LogP contribution in [0.25, 0.3) is 0 Å². The first-order chi connectivity index (χ1) is 12.8. The molecule has 3 rings (SSSR count). The molecular weight excluding hydrogens is 352 g/mol. The van der Waals surface area contributed by atoms with Gasteiger partial charge in [-0.1, -0.05) is 0 Å². The molecule has 0 saturated carbocycles. The predicted octanol–water partition coefficient (Wildman–Crippen LogP) is 1.39. The summed E-state index contributed by atoms with van der Waals surface area (Å²) in [5, 5.41) is 5.89. The van der Waals surface area contributed by atoms with E-state index in [4.69, 9.17) is 14.2 Å². The molecule has 4 atom stereocenters. The van der Waals surface area contributed by atoms with E-state index in [-0.39, 0.29) is 30.1 Å². The summed E-state index contributed by atoms with van der Waals surface area (Å²) < 4.78 is 16.3. The minimum absolute atomic E-state index is 0.0850. The van der Waals surface area contributed by atoms with Gasteiger partial charge in [-0.05, 0) is 24.6 Å². The van der Waals surface area contributed by atoms with Crippen LogP contribution in [0.2, 0.25) is 0 Å². The molecular formula is C18H26N4O5. The van der Waals surface area contributed by atoms with Gasteiger partial charge in [0.1, 0.15) is 6.17 Å². The van der Waals surface area contributed by atoms with Gasteiger partial charge in [0.2, 0.25) is 5.75 Å². The summed E-state index contributed by atoms with van der Waals surface area (Å²) in [4.78, 5) is 27.9. The van der Waals surface area contributed by atoms with Gasteiger partial charge in [-0.15, -0.1) is 0 Å². The lowest BCUT2D eigenvalue weighted by Gasteiger charge is -2.52. The number of carbonyl (C=O) groups is 2. The van der Waals surface area contributed by atoms with E-state index in [2.05, 4.69) is 10.6 Å². The fraction of sp³-hybridized carbons (Fsp3) is 0.556. The molecule has 0 bridgehead atoms. The molecule has 2 aliphatic rings. The maximum Gasteiger partial charge on any atom is 0.319 e. The van der Waals surface area contributed by atoms with Gasteiger partial charge in [-0.25, -0.2) is 9.59 Å². The number of hydrogen-bond acceptors (Lipinski definition) is 5. The molecule has 0 radical (unpaired) electrons. The van der Waals surface area contributed by atoms with Crippen molar-refractivity contribution >= 4 is 12.1 Å². The second-order valence-electron chi connectivity index (χ2n) is 6.84. The zero-order chi connectivity index (χ0) is 19.9. The van der Waals surface area contributed by atoms with Gasteiger partial charge in [0.15, 0.2) is 11.5 Å². The van der Waals surface area contributed by atoms with Crippen LogP contribution >= 0.6 is 0 Å². The third-order valence-corrected chi connectivity index (χ3v) is 5.43. The van der Waals surface area contributed by atoms with Crippen LogP contribution in [0.4, 0.5) is 9.59 Å². The lowest BCUT2D eigenvalue weighted by Crippen LogP contribution is -2.71. The van der Waals surface area contributed by atoms with E-state index in [0.29, 0.717) is 17.2 Å². The zero-order valence-corrected chi connectivity index (χ0v) is 16.4. The SMILES string of the molecule is COc1cc([C@H]2[C@H]3[C@H](C)NC(=O)N(C)[C@H]3NC(=O)N2C)cc(OC)c1OC. The number of nitrogens with zero attached hydrogens (tertiary/aromatic N) is 2. The Bertz CT molecular complexity index is 730. The lowest BCUT2D eigenvalue weighted by atomic mass is 9.81. The number of nitrogens with one attached hydrogen (secondary N) is 2. The van der Waals surface area contributed by atoms with Crippen molar-refractivity contribution in [3.63, 3.8) is 0 Å².